The summed E-state index contributed by atoms with van der Waals surface area (Å²) >= 11 is 2.90. The van der Waals surface area contributed by atoms with Crippen molar-refractivity contribution in [1.29, 1.82) is 5.26 Å². The van der Waals surface area contributed by atoms with Gasteiger partial charge in [0.05, 0.1) is 10.8 Å². The fraction of sp³-hybridized carbons (Fsp3) is 0.219. The largest absolute Gasteiger partial charge is 0.322 e. The van der Waals surface area contributed by atoms with E-state index >= 15 is 0 Å². The normalized spacial score (nSPS) is 13.6. The Bertz CT molecular complexity index is 1580. The summed E-state index contributed by atoms with van der Waals surface area (Å²) in [5.74, 6) is -0.905. The van der Waals surface area contributed by atoms with E-state index in [-0.39, 0.29) is 11.8 Å². The predicted molar refractivity (Wildman–Crippen MR) is 163 cm³/mol. The topological polar surface area (TPSA) is 85.2 Å². The summed E-state index contributed by atoms with van der Waals surface area (Å²) in [4.78, 5) is 30.2. The van der Waals surface area contributed by atoms with Crippen LogP contribution in [0.25, 0.3) is 0 Å². The number of thioether (sulfide) groups is 1. The van der Waals surface area contributed by atoms with Crippen LogP contribution >= 0.6 is 23.1 Å². The zero-order valence-electron chi connectivity index (χ0n) is 22.5. The molecule has 3 aromatic carbocycles. The SMILES string of the molecule is CCC(Sc1cccc(NC(=O)c2ccc(F)cc2)c1)C(=O)Nc1sc2c(c1C#N)CCN(Cc1ccccc1)C2. The maximum Gasteiger partial charge on any atom is 0.255 e. The van der Waals surface area contributed by atoms with Crippen LogP contribution in [0.1, 0.15) is 45.3 Å². The average Bonchev–Trinajstić information content (AvgIpc) is 3.32. The number of carbonyl (C=O) groups excluding carboxylic acids is 2. The first-order chi connectivity index (χ1) is 19.9. The number of hydrogen-bond donors (Lipinski definition) is 2. The number of amides is 2. The molecule has 1 unspecified atom stereocenters. The summed E-state index contributed by atoms with van der Waals surface area (Å²) in [5.41, 5.74) is 3.80. The number of rotatable bonds is 9. The van der Waals surface area contributed by atoms with Crippen molar-refractivity contribution in [3.8, 4) is 6.07 Å². The lowest BCUT2D eigenvalue weighted by Crippen LogP contribution is -2.29. The molecule has 0 spiro atoms. The number of fused-ring (bicyclic) bond motifs is 1. The molecule has 41 heavy (non-hydrogen) atoms. The second-order valence-corrected chi connectivity index (χ2v) is 12.1. The van der Waals surface area contributed by atoms with Crippen molar-refractivity contribution in [2.45, 2.75) is 43.0 Å². The summed E-state index contributed by atoms with van der Waals surface area (Å²) in [7, 11) is 0. The molecule has 0 saturated heterocycles. The molecule has 4 aromatic rings. The first-order valence-corrected chi connectivity index (χ1v) is 15.1. The standard InChI is InChI=1S/C32H29FN4O2S2/c1-2-28(40-25-10-6-9-24(17-25)35-30(38)22-11-13-23(33)14-12-22)31(39)36-32-27(18-34)26-15-16-37(20-29(26)41-32)19-21-7-4-3-5-8-21/h3-14,17,28H,2,15-16,19-20H2,1H3,(H,35,38)(H,36,39). The van der Waals surface area contributed by atoms with Crippen LogP contribution in [0.2, 0.25) is 0 Å². The van der Waals surface area contributed by atoms with Gasteiger partial charge in [0, 0.05) is 40.7 Å². The number of nitriles is 1. The van der Waals surface area contributed by atoms with Crippen LogP contribution in [-0.4, -0.2) is 28.5 Å². The minimum atomic E-state index is -0.404. The van der Waals surface area contributed by atoms with Gasteiger partial charge in [-0.25, -0.2) is 4.39 Å². The molecule has 1 aromatic heterocycles. The minimum Gasteiger partial charge on any atom is -0.322 e. The van der Waals surface area contributed by atoms with Gasteiger partial charge in [-0.3, -0.25) is 14.5 Å². The van der Waals surface area contributed by atoms with Gasteiger partial charge in [0.25, 0.3) is 5.91 Å². The van der Waals surface area contributed by atoms with Crippen LogP contribution in [0.4, 0.5) is 15.1 Å². The number of nitrogens with one attached hydrogen (secondary N) is 2. The second kappa shape index (κ2) is 13.1. The van der Waals surface area contributed by atoms with Crippen LogP contribution in [0.3, 0.4) is 0 Å². The highest BCUT2D eigenvalue weighted by molar-refractivity contribution is 8.00. The molecular weight excluding hydrogens is 556 g/mol. The van der Waals surface area contributed by atoms with Crippen LogP contribution in [-0.2, 0) is 24.3 Å². The lowest BCUT2D eigenvalue weighted by Gasteiger charge is -2.26. The van der Waals surface area contributed by atoms with Gasteiger partial charge in [-0.2, -0.15) is 5.26 Å². The molecule has 0 radical (unpaired) electrons. The first-order valence-electron chi connectivity index (χ1n) is 13.4. The number of nitrogens with zero attached hydrogens (tertiary/aromatic N) is 2. The first kappa shape index (κ1) is 28.6. The van der Waals surface area contributed by atoms with Gasteiger partial charge in [0.2, 0.25) is 5.91 Å². The zero-order valence-corrected chi connectivity index (χ0v) is 24.2. The molecule has 5 rings (SSSR count). The highest BCUT2D eigenvalue weighted by Gasteiger charge is 2.27. The molecule has 2 amide bonds. The quantitative estimate of drug-likeness (QED) is 0.205. The van der Waals surface area contributed by atoms with Crippen LogP contribution in [0, 0.1) is 17.1 Å². The molecular formula is C32H29FN4O2S2. The number of halogens is 1. The van der Waals surface area contributed by atoms with Crippen molar-refractivity contribution in [1.82, 2.24) is 4.90 Å². The molecule has 9 heteroatoms. The average molecular weight is 585 g/mol. The predicted octanol–water partition coefficient (Wildman–Crippen LogP) is 7.08. The molecule has 0 aliphatic carbocycles. The number of benzene rings is 3. The van der Waals surface area contributed by atoms with Crippen LogP contribution in [0.15, 0.2) is 83.8 Å². The van der Waals surface area contributed by atoms with Crippen molar-refractivity contribution >= 4 is 45.6 Å². The van der Waals surface area contributed by atoms with Crippen molar-refractivity contribution in [2.24, 2.45) is 0 Å². The van der Waals surface area contributed by atoms with Crippen molar-refractivity contribution in [2.75, 3.05) is 17.2 Å². The number of thiophene rings is 1. The van der Waals surface area contributed by atoms with Gasteiger partial charge in [0.1, 0.15) is 16.9 Å². The monoisotopic (exact) mass is 584 g/mol. The zero-order chi connectivity index (χ0) is 28.8. The molecule has 0 fully saturated rings. The van der Waals surface area contributed by atoms with E-state index in [1.54, 1.807) is 6.07 Å². The summed E-state index contributed by atoms with van der Waals surface area (Å²) in [6, 6.07) is 25.3. The smallest absolute Gasteiger partial charge is 0.255 e. The van der Waals surface area contributed by atoms with Gasteiger partial charge in [-0.1, -0.05) is 43.3 Å². The highest BCUT2D eigenvalue weighted by atomic mass is 32.2. The molecule has 2 heterocycles. The third-order valence-electron chi connectivity index (χ3n) is 6.87. The summed E-state index contributed by atoms with van der Waals surface area (Å²) in [5, 5.41) is 16.0. The van der Waals surface area contributed by atoms with Crippen molar-refractivity contribution in [3.05, 3.63) is 112 Å². The fourth-order valence-corrected chi connectivity index (χ4v) is 7.03. The number of carbonyl (C=O) groups is 2. The van der Waals surface area contributed by atoms with E-state index in [0.717, 1.165) is 41.4 Å². The third-order valence-corrected chi connectivity index (χ3v) is 9.36. The molecule has 0 bridgehead atoms. The summed E-state index contributed by atoms with van der Waals surface area (Å²) < 4.78 is 13.2. The maximum atomic E-state index is 13.4. The molecule has 208 valence electrons. The molecule has 2 N–H and O–H groups in total. The van der Waals surface area contributed by atoms with Crippen LogP contribution in [0.5, 0.6) is 0 Å². The summed E-state index contributed by atoms with van der Waals surface area (Å²) in [6.07, 6.45) is 1.36. The van der Waals surface area contributed by atoms with E-state index in [1.165, 1.54) is 52.9 Å². The van der Waals surface area contributed by atoms with Gasteiger partial charge in [0.15, 0.2) is 0 Å². The highest BCUT2D eigenvalue weighted by Crippen LogP contribution is 2.38. The Hall–Kier alpha value is -3.97. The number of anilines is 2. The third kappa shape index (κ3) is 7.03. The number of hydrogen-bond acceptors (Lipinski definition) is 6. The fourth-order valence-electron chi connectivity index (χ4n) is 4.77. The van der Waals surface area contributed by atoms with E-state index in [0.29, 0.717) is 28.2 Å². The van der Waals surface area contributed by atoms with E-state index < -0.39 is 11.1 Å². The van der Waals surface area contributed by atoms with Gasteiger partial charge >= 0.3 is 0 Å². The van der Waals surface area contributed by atoms with Crippen molar-refractivity contribution < 1.29 is 14.0 Å². The molecule has 0 saturated carbocycles. The Morgan fingerprint density at radius 2 is 1.85 bits per heavy atom. The lowest BCUT2D eigenvalue weighted by molar-refractivity contribution is -0.115. The summed E-state index contributed by atoms with van der Waals surface area (Å²) in [6.45, 7) is 4.41. The minimum absolute atomic E-state index is 0.158. The van der Waals surface area contributed by atoms with Gasteiger partial charge in [-0.05, 0) is 66.4 Å². The molecule has 1 atom stereocenters. The lowest BCUT2D eigenvalue weighted by atomic mass is 10.0. The van der Waals surface area contributed by atoms with Gasteiger partial charge < -0.3 is 10.6 Å². The Balaban J connectivity index is 1.24. The van der Waals surface area contributed by atoms with Crippen LogP contribution < -0.4 is 10.6 Å². The van der Waals surface area contributed by atoms with E-state index in [9.17, 15) is 19.2 Å². The molecule has 1 aliphatic heterocycles. The Morgan fingerprint density at radius 3 is 2.59 bits per heavy atom. The molecule has 1 aliphatic rings. The Morgan fingerprint density at radius 1 is 1.07 bits per heavy atom. The maximum absolute atomic E-state index is 13.4. The van der Waals surface area contributed by atoms with Crippen molar-refractivity contribution in [3.63, 3.8) is 0 Å². The Kier molecular flexibility index (Phi) is 9.14. The Labute approximate surface area is 247 Å². The van der Waals surface area contributed by atoms with Gasteiger partial charge in [-0.15, -0.1) is 23.1 Å². The van der Waals surface area contributed by atoms with E-state index in [4.69, 9.17) is 0 Å². The second-order valence-electron chi connectivity index (χ2n) is 9.76. The van der Waals surface area contributed by atoms with E-state index in [2.05, 4.69) is 33.7 Å². The molecule has 6 nitrogen and oxygen atoms in total. The van der Waals surface area contributed by atoms with E-state index in [1.807, 2.05) is 43.3 Å².